The van der Waals surface area contributed by atoms with E-state index in [1.54, 1.807) is 0 Å². The van der Waals surface area contributed by atoms with Crippen molar-refractivity contribution >= 4 is 11.8 Å². The van der Waals surface area contributed by atoms with Gasteiger partial charge in [0.15, 0.2) is 11.6 Å². The second-order valence-electron chi connectivity index (χ2n) is 3.45. The molecule has 0 bridgehead atoms. The number of rotatable bonds is 2. The Morgan fingerprint density at radius 2 is 2.11 bits per heavy atom. The number of ether oxygens (including phenoxy) is 1. The van der Waals surface area contributed by atoms with E-state index in [0.717, 1.165) is 16.8 Å². The smallest absolute Gasteiger partial charge is 0.343 e. The molecule has 7 heteroatoms. The lowest BCUT2D eigenvalue weighted by Gasteiger charge is -2.05. The molecule has 0 atom stereocenters. The van der Waals surface area contributed by atoms with Gasteiger partial charge in [0.1, 0.15) is 11.4 Å². The first-order chi connectivity index (χ1) is 8.54. The van der Waals surface area contributed by atoms with Crippen molar-refractivity contribution in [2.75, 3.05) is 12.8 Å². The maximum atomic E-state index is 13.1. The Morgan fingerprint density at radius 3 is 2.72 bits per heavy atom. The number of nitrogen functional groups attached to an aromatic ring is 1. The van der Waals surface area contributed by atoms with Gasteiger partial charge < -0.3 is 10.5 Å². The van der Waals surface area contributed by atoms with Crippen molar-refractivity contribution in [1.82, 2.24) is 9.78 Å². The molecule has 5 nitrogen and oxygen atoms in total. The van der Waals surface area contributed by atoms with E-state index in [4.69, 9.17) is 5.73 Å². The minimum atomic E-state index is -1.03. The number of halogens is 2. The Bertz CT molecular complexity index is 610. The molecule has 18 heavy (non-hydrogen) atoms. The fourth-order valence-electron chi connectivity index (χ4n) is 1.45. The van der Waals surface area contributed by atoms with Gasteiger partial charge in [-0.1, -0.05) is 0 Å². The first kappa shape index (κ1) is 12.0. The van der Waals surface area contributed by atoms with Crippen LogP contribution in [0, 0.1) is 11.6 Å². The number of carbonyl (C=O) groups excluding carboxylic acids is 1. The standard InChI is InChI=1S/C11H9F2N3O2/c1-18-11(17)7-5-15-16(10(7)14)6-2-3-8(12)9(13)4-6/h2-5H,14H2,1H3. The SMILES string of the molecule is COC(=O)c1cnn(-c2ccc(F)c(F)c2)c1N. The number of hydrogen-bond donors (Lipinski definition) is 1. The normalized spacial score (nSPS) is 10.4. The zero-order chi connectivity index (χ0) is 13.3. The van der Waals surface area contributed by atoms with Crippen molar-refractivity contribution in [2.45, 2.75) is 0 Å². The number of carbonyl (C=O) groups is 1. The van der Waals surface area contributed by atoms with Gasteiger partial charge in [0, 0.05) is 6.07 Å². The molecule has 0 fully saturated rings. The lowest BCUT2D eigenvalue weighted by Crippen LogP contribution is -2.07. The van der Waals surface area contributed by atoms with Crippen molar-refractivity contribution < 1.29 is 18.3 Å². The highest BCUT2D eigenvalue weighted by atomic mass is 19.2. The highest BCUT2D eigenvalue weighted by Gasteiger charge is 2.17. The van der Waals surface area contributed by atoms with Crippen LogP contribution in [-0.4, -0.2) is 22.9 Å². The average molecular weight is 253 g/mol. The Morgan fingerprint density at radius 1 is 1.39 bits per heavy atom. The van der Waals surface area contributed by atoms with Crippen LogP contribution in [-0.2, 0) is 4.74 Å². The van der Waals surface area contributed by atoms with Gasteiger partial charge in [0.05, 0.1) is 19.0 Å². The molecule has 1 aromatic carbocycles. The van der Waals surface area contributed by atoms with Crippen molar-refractivity contribution in [1.29, 1.82) is 0 Å². The minimum Gasteiger partial charge on any atom is -0.465 e. The lowest BCUT2D eigenvalue weighted by atomic mass is 10.3. The topological polar surface area (TPSA) is 70.1 Å². The van der Waals surface area contributed by atoms with Gasteiger partial charge >= 0.3 is 5.97 Å². The lowest BCUT2D eigenvalue weighted by molar-refractivity contribution is 0.0602. The van der Waals surface area contributed by atoms with E-state index in [0.29, 0.717) is 0 Å². The number of nitrogens with zero attached hydrogens (tertiary/aromatic N) is 2. The predicted octanol–water partition coefficient (Wildman–Crippen LogP) is 1.52. The minimum absolute atomic E-state index is 0.00661. The maximum absolute atomic E-state index is 13.1. The highest BCUT2D eigenvalue weighted by molar-refractivity contribution is 5.94. The summed E-state index contributed by atoms with van der Waals surface area (Å²) in [5.41, 5.74) is 5.95. The predicted molar refractivity (Wildman–Crippen MR) is 59.2 cm³/mol. The van der Waals surface area contributed by atoms with E-state index in [2.05, 4.69) is 9.84 Å². The molecule has 1 aromatic heterocycles. The molecule has 0 saturated heterocycles. The van der Waals surface area contributed by atoms with Crippen LogP contribution in [0.25, 0.3) is 5.69 Å². The summed E-state index contributed by atoms with van der Waals surface area (Å²) in [5, 5.41) is 3.83. The summed E-state index contributed by atoms with van der Waals surface area (Å²) < 4.78 is 31.5. The van der Waals surface area contributed by atoms with Gasteiger partial charge in [0.2, 0.25) is 0 Å². The summed E-state index contributed by atoms with van der Waals surface area (Å²) in [6.07, 6.45) is 1.20. The molecule has 0 radical (unpaired) electrons. The summed E-state index contributed by atoms with van der Waals surface area (Å²) in [4.78, 5) is 11.3. The molecule has 94 valence electrons. The number of anilines is 1. The van der Waals surface area contributed by atoms with Gasteiger partial charge in [-0.25, -0.2) is 18.3 Å². The summed E-state index contributed by atoms with van der Waals surface area (Å²) in [7, 11) is 1.21. The van der Waals surface area contributed by atoms with E-state index >= 15 is 0 Å². The quantitative estimate of drug-likeness (QED) is 0.824. The second-order valence-corrected chi connectivity index (χ2v) is 3.45. The Balaban J connectivity index is 2.48. The zero-order valence-corrected chi connectivity index (χ0v) is 9.35. The molecule has 2 N–H and O–H groups in total. The fraction of sp³-hybridized carbons (Fsp3) is 0.0909. The van der Waals surface area contributed by atoms with Crippen LogP contribution in [0.3, 0.4) is 0 Å². The van der Waals surface area contributed by atoms with Gasteiger partial charge in [-0.05, 0) is 12.1 Å². The van der Waals surface area contributed by atoms with Crippen molar-refractivity contribution in [3.63, 3.8) is 0 Å². The van der Waals surface area contributed by atoms with Crippen LogP contribution >= 0.6 is 0 Å². The van der Waals surface area contributed by atoms with Crippen LogP contribution in [0.5, 0.6) is 0 Å². The summed E-state index contributed by atoms with van der Waals surface area (Å²) in [6, 6.07) is 3.17. The first-order valence-electron chi connectivity index (χ1n) is 4.92. The number of methoxy groups -OCH3 is 1. The number of nitrogens with two attached hydrogens (primary N) is 1. The number of aromatic nitrogens is 2. The van der Waals surface area contributed by atoms with Crippen LogP contribution in [0.15, 0.2) is 24.4 Å². The van der Waals surface area contributed by atoms with E-state index < -0.39 is 17.6 Å². The summed E-state index contributed by atoms with van der Waals surface area (Å²) in [6.45, 7) is 0. The molecular weight excluding hydrogens is 244 g/mol. The third kappa shape index (κ3) is 1.90. The molecule has 2 rings (SSSR count). The first-order valence-corrected chi connectivity index (χ1v) is 4.92. The fourth-order valence-corrected chi connectivity index (χ4v) is 1.45. The number of benzene rings is 1. The van der Waals surface area contributed by atoms with Crippen LogP contribution in [0.4, 0.5) is 14.6 Å². The van der Waals surface area contributed by atoms with Gasteiger partial charge in [0.25, 0.3) is 0 Å². The number of esters is 1. The van der Waals surface area contributed by atoms with Gasteiger partial charge in [-0.3, -0.25) is 0 Å². The molecule has 0 unspecified atom stereocenters. The molecule has 0 aliphatic rings. The molecule has 1 heterocycles. The molecule has 0 spiro atoms. The molecule has 0 aliphatic heterocycles. The Hall–Kier alpha value is -2.44. The molecule has 0 amide bonds. The van der Waals surface area contributed by atoms with E-state index in [1.165, 1.54) is 19.4 Å². The molecule has 0 saturated carbocycles. The third-order valence-corrected chi connectivity index (χ3v) is 2.36. The van der Waals surface area contributed by atoms with E-state index in [1.807, 2.05) is 0 Å². The third-order valence-electron chi connectivity index (χ3n) is 2.36. The monoisotopic (exact) mass is 253 g/mol. The van der Waals surface area contributed by atoms with Crippen molar-refractivity contribution in [3.05, 3.63) is 41.6 Å². The van der Waals surface area contributed by atoms with Crippen LogP contribution in [0.1, 0.15) is 10.4 Å². The summed E-state index contributed by atoms with van der Waals surface area (Å²) >= 11 is 0. The highest BCUT2D eigenvalue weighted by Crippen LogP contribution is 2.19. The van der Waals surface area contributed by atoms with Crippen LogP contribution in [0.2, 0.25) is 0 Å². The zero-order valence-electron chi connectivity index (χ0n) is 9.35. The van der Waals surface area contributed by atoms with Crippen molar-refractivity contribution in [3.8, 4) is 5.69 Å². The number of hydrogen-bond acceptors (Lipinski definition) is 4. The van der Waals surface area contributed by atoms with Gasteiger partial charge in [-0.2, -0.15) is 5.10 Å². The Kier molecular flexibility index (Phi) is 2.97. The van der Waals surface area contributed by atoms with Gasteiger partial charge in [-0.15, -0.1) is 0 Å². The molecule has 2 aromatic rings. The van der Waals surface area contributed by atoms with E-state index in [9.17, 15) is 13.6 Å². The van der Waals surface area contributed by atoms with Crippen LogP contribution < -0.4 is 5.73 Å². The summed E-state index contributed by atoms with van der Waals surface area (Å²) in [5.74, 6) is -2.66. The second kappa shape index (κ2) is 4.44. The molecular formula is C11H9F2N3O2. The van der Waals surface area contributed by atoms with Crippen molar-refractivity contribution in [2.24, 2.45) is 0 Å². The largest absolute Gasteiger partial charge is 0.465 e. The molecule has 0 aliphatic carbocycles. The average Bonchev–Trinajstić information content (AvgIpc) is 2.74. The van der Waals surface area contributed by atoms with E-state index in [-0.39, 0.29) is 17.1 Å². The maximum Gasteiger partial charge on any atom is 0.343 e. The Labute approximate surface area is 101 Å².